The van der Waals surface area contributed by atoms with Gasteiger partial charge in [-0.2, -0.15) is 0 Å². The van der Waals surface area contributed by atoms with Gasteiger partial charge in [-0.25, -0.2) is 0 Å². The number of nitrogens with one attached hydrogen (secondary N) is 2. The molecule has 1 saturated heterocycles. The largest absolute Gasteiger partial charge is 0.493 e. The lowest BCUT2D eigenvalue weighted by molar-refractivity contribution is -0.121. The number of methoxy groups -OCH3 is 2. The second-order valence-electron chi connectivity index (χ2n) is 7.39. The lowest BCUT2D eigenvalue weighted by atomic mass is 9.96. The van der Waals surface area contributed by atoms with Gasteiger partial charge in [-0.05, 0) is 62.5 Å². The maximum Gasteiger partial charge on any atom is 0.238 e. The van der Waals surface area contributed by atoms with Gasteiger partial charge in [0.05, 0.1) is 20.8 Å². The molecule has 0 saturated carbocycles. The van der Waals surface area contributed by atoms with Crippen LogP contribution in [0.25, 0.3) is 0 Å². The number of rotatable bonds is 8. The van der Waals surface area contributed by atoms with Gasteiger partial charge < -0.3 is 20.1 Å². The molecule has 0 bridgehead atoms. The van der Waals surface area contributed by atoms with Crippen LogP contribution >= 0.6 is 11.8 Å². The molecule has 166 valence electrons. The van der Waals surface area contributed by atoms with Crippen molar-refractivity contribution in [2.75, 3.05) is 50.7 Å². The third-order valence-electron chi connectivity index (χ3n) is 5.33. The fourth-order valence-electron chi connectivity index (χ4n) is 3.62. The van der Waals surface area contributed by atoms with E-state index in [0.717, 1.165) is 23.4 Å². The number of likely N-dealkylation sites (tertiary alicyclic amines) is 1. The highest BCUT2D eigenvalue weighted by Gasteiger charge is 2.26. The molecule has 0 spiro atoms. The number of hydrogen-bond acceptors (Lipinski definition) is 6. The highest BCUT2D eigenvalue weighted by atomic mass is 32.2. The molecule has 0 aliphatic carbocycles. The van der Waals surface area contributed by atoms with E-state index in [4.69, 9.17) is 9.47 Å². The Balaban J connectivity index is 1.46. The van der Waals surface area contributed by atoms with Crippen molar-refractivity contribution >= 4 is 35.0 Å². The standard InChI is InChI=1S/C23H29N3O4S/c1-29-20-8-7-18(14-21(20)30-2)24-22(27)15-26-11-9-16(10-12-26)23(28)25-17-5-4-6-19(13-17)31-3/h4-8,13-14,16H,9-12,15H2,1-3H3,(H,24,27)(H,25,28). The van der Waals surface area contributed by atoms with Gasteiger partial charge in [-0.15, -0.1) is 11.8 Å². The predicted molar refractivity (Wildman–Crippen MR) is 124 cm³/mol. The molecule has 1 heterocycles. The topological polar surface area (TPSA) is 79.9 Å². The van der Waals surface area contributed by atoms with E-state index in [-0.39, 0.29) is 17.7 Å². The molecule has 2 aromatic rings. The summed E-state index contributed by atoms with van der Waals surface area (Å²) in [6, 6.07) is 13.1. The van der Waals surface area contributed by atoms with Crippen LogP contribution in [0.1, 0.15) is 12.8 Å². The molecule has 1 fully saturated rings. The molecular formula is C23H29N3O4S. The smallest absolute Gasteiger partial charge is 0.238 e. The quantitative estimate of drug-likeness (QED) is 0.606. The van der Waals surface area contributed by atoms with Crippen LogP contribution in [-0.2, 0) is 9.59 Å². The lowest BCUT2D eigenvalue weighted by Gasteiger charge is -2.30. The second kappa shape index (κ2) is 11.1. The number of anilines is 2. The van der Waals surface area contributed by atoms with Crippen molar-refractivity contribution in [3.8, 4) is 11.5 Å². The molecule has 2 amide bonds. The van der Waals surface area contributed by atoms with Crippen molar-refractivity contribution in [3.05, 3.63) is 42.5 Å². The Morgan fingerprint density at radius 2 is 1.71 bits per heavy atom. The first-order chi connectivity index (χ1) is 15.0. The van der Waals surface area contributed by atoms with Crippen molar-refractivity contribution < 1.29 is 19.1 Å². The highest BCUT2D eigenvalue weighted by molar-refractivity contribution is 7.98. The number of carbonyl (C=O) groups is 2. The summed E-state index contributed by atoms with van der Waals surface area (Å²) in [5, 5.41) is 5.92. The first-order valence-electron chi connectivity index (χ1n) is 10.2. The van der Waals surface area contributed by atoms with Crippen LogP contribution in [0.4, 0.5) is 11.4 Å². The number of amides is 2. The molecule has 31 heavy (non-hydrogen) atoms. The molecular weight excluding hydrogens is 414 g/mol. The Kier molecular flexibility index (Phi) is 8.20. The number of carbonyl (C=O) groups excluding carboxylic acids is 2. The summed E-state index contributed by atoms with van der Waals surface area (Å²) in [7, 11) is 3.13. The average Bonchev–Trinajstić information content (AvgIpc) is 2.79. The van der Waals surface area contributed by atoms with Gasteiger partial charge in [0, 0.05) is 28.3 Å². The Hall–Kier alpha value is -2.71. The summed E-state index contributed by atoms with van der Waals surface area (Å²) < 4.78 is 10.5. The van der Waals surface area contributed by atoms with Gasteiger partial charge in [0.25, 0.3) is 0 Å². The summed E-state index contributed by atoms with van der Waals surface area (Å²) in [6.07, 6.45) is 3.48. The third-order valence-corrected chi connectivity index (χ3v) is 6.06. The van der Waals surface area contributed by atoms with Crippen LogP contribution in [-0.4, -0.2) is 56.8 Å². The molecule has 0 unspecified atom stereocenters. The second-order valence-corrected chi connectivity index (χ2v) is 8.27. The number of thioether (sulfide) groups is 1. The molecule has 1 aliphatic heterocycles. The van der Waals surface area contributed by atoms with Crippen molar-refractivity contribution in [2.24, 2.45) is 5.92 Å². The fourth-order valence-corrected chi connectivity index (χ4v) is 4.08. The van der Waals surface area contributed by atoms with Gasteiger partial charge in [-0.3, -0.25) is 14.5 Å². The molecule has 2 aromatic carbocycles. The van der Waals surface area contributed by atoms with Crippen LogP contribution < -0.4 is 20.1 Å². The predicted octanol–water partition coefficient (Wildman–Crippen LogP) is 3.71. The summed E-state index contributed by atoms with van der Waals surface area (Å²) in [6.45, 7) is 1.71. The SMILES string of the molecule is COc1ccc(NC(=O)CN2CCC(C(=O)Nc3cccc(SC)c3)CC2)cc1OC. The molecule has 0 radical (unpaired) electrons. The normalized spacial score (nSPS) is 14.7. The van der Waals surface area contributed by atoms with Gasteiger partial charge in [0.1, 0.15) is 0 Å². The number of piperidine rings is 1. The summed E-state index contributed by atoms with van der Waals surface area (Å²) in [5.74, 6) is 1.09. The van der Waals surface area contributed by atoms with Crippen LogP contribution in [0.2, 0.25) is 0 Å². The number of nitrogens with zero attached hydrogens (tertiary/aromatic N) is 1. The fraction of sp³-hybridized carbons (Fsp3) is 0.391. The molecule has 2 N–H and O–H groups in total. The Morgan fingerprint density at radius 3 is 2.39 bits per heavy atom. The van der Waals surface area contributed by atoms with Gasteiger partial charge >= 0.3 is 0 Å². The first kappa shape index (κ1) is 23.0. The Morgan fingerprint density at radius 1 is 1.00 bits per heavy atom. The van der Waals surface area contributed by atoms with E-state index in [2.05, 4.69) is 15.5 Å². The van der Waals surface area contributed by atoms with Gasteiger partial charge in [0.2, 0.25) is 11.8 Å². The van der Waals surface area contributed by atoms with E-state index in [1.807, 2.05) is 30.5 Å². The van der Waals surface area contributed by atoms with E-state index in [1.165, 1.54) is 0 Å². The van der Waals surface area contributed by atoms with Crippen molar-refractivity contribution in [1.29, 1.82) is 0 Å². The van der Waals surface area contributed by atoms with Gasteiger partial charge in [-0.1, -0.05) is 6.07 Å². The van der Waals surface area contributed by atoms with E-state index < -0.39 is 0 Å². The van der Waals surface area contributed by atoms with E-state index in [1.54, 1.807) is 44.2 Å². The van der Waals surface area contributed by atoms with Crippen molar-refractivity contribution in [1.82, 2.24) is 4.90 Å². The number of ether oxygens (including phenoxy) is 2. The molecule has 0 atom stereocenters. The summed E-state index contributed by atoms with van der Waals surface area (Å²) in [4.78, 5) is 28.3. The third kappa shape index (κ3) is 6.38. The van der Waals surface area contributed by atoms with Crippen LogP contribution in [0.5, 0.6) is 11.5 Å². The van der Waals surface area contributed by atoms with E-state index >= 15 is 0 Å². The molecule has 3 rings (SSSR count). The monoisotopic (exact) mass is 443 g/mol. The number of benzene rings is 2. The molecule has 0 aromatic heterocycles. The summed E-state index contributed by atoms with van der Waals surface area (Å²) in [5.41, 5.74) is 1.48. The lowest BCUT2D eigenvalue weighted by Crippen LogP contribution is -2.41. The number of hydrogen-bond donors (Lipinski definition) is 2. The zero-order chi connectivity index (χ0) is 22.2. The minimum absolute atomic E-state index is 0.0388. The van der Waals surface area contributed by atoms with E-state index in [0.29, 0.717) is 36.8 Å². The van der Waals surface area contributed by atoms with E-state index in [9.17, 15) is 9.59 Å². The Bertz CT molecular complexity index is 913. The maximum atomic E-state index is 12.6. The zero-order valence-electron chi connectivity index (χ0n) is 18.1. The van der Waals surface area contributed by atoms with Gasteiger partial charge in [0.15, 0.2) is 11.5 Å². The Labute approximate surface area is 187 Å². The molecule has 1 aliphatic rings. The van der Waals surface area contributed by atoms with Crippen LogP contribution in [0, 0.1) is 5.92 Å². The molecule has 7 nitrogen and oxygen atoms in total. The van der Waals surface area contributed by atoms with Crippen molar-refractivity contribution in [3.63, 3.8) is 0 Å². The van der Waals surface area contributed by atoms with Crippen LogP contribution in [0.15, 0.2) is 47.4 Å². The summed E-state index contributed by atoms with van der Waals surface area (Å²) >= 11 is 1.65. The molecule has 8 heteroatoms. The average molecular weight is 444 g/mol. The zero-order valence-corrected chi connectivity index (χ0v) is 19.0. The first-order valence-corrected chi connectivity index (χ1v) is 11.4. The minimum Gasteiger partial charge on any atom is -0.493 e. The maximum absolute atomic E-state index is 12.6. The minimum atomic E-state index is -0.0935. The van der Waals surface area contributed by atoms with Crippen LogP contribution in [0.3, 0.4) is 0 Å². The van der Waals surface area contributed by atoms with Crippen molar-refractivity contribution in [2.45, 2.75) is 17.7 Å². The highest BCUT2D eigenvalue weighted by Crippen LogP contribution is 2.29.